The number of fused-ring (bicyclic) bond motifs is 2. The molecule has 1 aromatic heterocycles. The van der Waals surface area contributed by atoms with Crippen LogP contribution in [0.15, 0.2) is 24.4 Å². The van der Waals surface area contributed by atoms with Crippen molar-refractivity contribution in [1.82, 2.24) is 10.3 Å². The van der Waals surface area contributed by atoms with Crippen molar-refractivity contribution < 1.29 is 9.47 Å². The fourth-order valence-electron chi connectivity index (χ4n) is 2.64. The van der Waals surface area contributed by atoms with Crippen molar-refractivity contribution in [1.29, 1.82) is 0 Å². The summed E-state index contributed by atoms with van der Waals surface area (Å²) in [6.45, 7) is 5.34. The van der Waals surface area contributed by atoms with Gasteiger partial charge in [-0.25, -0.2) is 4.98 Å². The number of pyridine rings is 1. The lowest BCUT2D eigenvalue weighted by Crippen LogP contribution is -2.32. The van der Waals surface area contributed by atoms with Crippen LogP contribution in [-0.4, -0.2) is 38.5 Å². The third-order valence-electron chi connectivity index (χ3n) is 3.66. The highest BCUT2D eigenvalue weighted by Crippen LogP contribution is 2.38. The molecule has 0 aliphatic carbocycles. The topological polar surface area (TPSA) is 46.6 Å². The summed E-state index contributed by atoms with van der Waals surface area (Å²) < 4.78 is 11.0. The van der Waals surface area contributed by atoms with Gasteiger partial charge in [-0.2, -0.15) is 0 Å². The van der Waals surface area contributed by atoms with Gasteiger partial charge in [-0.05, 0) is 37.1 Å². The minimum atomic E-state index is 0.298. The van der Waals surface area contributed by atoms with Crippen molar-refractivity contribution in [3.63, 3.8) is 0 Å². The van der Waals surface area contributed by atoms with Crippen LogP contribution < -0.4 is 19.7 Å². The molecule has 0 radical (unpaired) electrons. The van der Waals surface area contributed by atoms with Gasteiger partial charge >= 0.3 is 0 Å². The van der Waals surface area contributed by atoms with Crippen molar-refractivity contribution in [2.75, 3.05) is 38.4 Å². The monoisotopic (exact) mass is 287 g/mol. The Morgan fingerprint density at radius 2 is 2.05 bits per heavy atom. The Morgan fingerprint density at radius 1 is 1.24 bits per heavy atom. The molecule has 0 saturated heterocycles. The van der Waals surface area contributed by atoms with Crippen molar-refractivity contribution in [3.8, 4) is 11.5 Å². The lowest BCUT2D eigenvalue weighted by atomic mass is 10.1. The van der Waals surface area contributed by atoms with Crippen LogP contribution in [0.25, 0.3) is 10.8 Å². The molecule has 0 bridgehead atoms. The van der Waals surface area contributed by atoms with Gasteiger partial charge in [-0.1, -0.05) is 6.92 Å². The second-order valence-electron chi connectivity index (χ2n) is 5.15. The van der Waals surface area contributed by atoms with E-state index in [4.69, 9.17) is 9.47 Å². The third-order valence-corrected chi connectivity index (χ3v) is 3.66. The smallest absolute Gasteiger partial charge is 0.231 e. The number of benzene rings is 1. The molecule has 112 valence electrons. The SMILES string of the molecule is CCCN(CCNC)c1nccc2cc3c(cc12)OCO3. The molecule has 0 spiro atoms. The fourth-order valence-corrected chi connectivity index (χ4v) is 2.64. The lowest BCUT2D eigenvalue weighted by Gasteiger charge is -2.24. The number of nitrogens with zero attached hydrogens (tertiary/aromatic N) is 2. The van der Waals surface area contributed by atoms with Crippen LogP contribution in [0, 0.1) is 0 Å². The van der Waals surface area contributed by atoms with Gasteiger partial charge in [-0.15, -0.1) is 0 Å². The predicted molar refractivity (Wildman–Crippen MR) is 84.3 cm³/mol. The van der Waals surface area contributed by atoms with Crippen LogP contribution in [0.4, 0.5) is 5.82 Å². The zero-order valence-electron chi connectivity index (χ0n) is 12.6. The van der Waals surface area contributed by atoms with E-state index in [1.807, 2.05) is 31.4 Å². The van der Waals surface area contributed by atoms with Crippen LogP contribution in [0.5, 0.6) is 11.5 Å². The minimum absolute atomic E-state index is 0.298. The molecule has 3 rings (SSSR count). The summed E-state index contributed by atoms with van der Waals surface area (Å²) in [5.41, 5.74) is 0. The lowest BCUT2D eigenvalue weighted by molar-refractivity contribution is 0.174. The number of rotatable bonds is 6. The number of hydrogen-bond acceptors (Lipinski definition) is 5. The van der Waals surface area contributed by atoms with Gasteiger partial charge in [0.1, 0.15) is 5.82 Å². The maximum Gasteiger partial charge on any atom is 0.231 e. The average Bonchev–Trinajstić information content (AvgIpc) is 2.96. The second-order valence-corrected chi connectivity index (χ2v) is 5.15. The molecule has 1 aromatic carbocycles. The van der Waals surface area contributed by atoms with Gasteiger partial charge in [0.15, 0.2) is 11.5 Å². The van der Waals surface area contributed by atoms with E-state index >= 15 is 0 Å². The summed E-state index contributed by atoms with van der Waals surface area (Å²) in [5, 5.41) is 5.45. The molecule has 5 heteroatoms. The normalized spacial score (nSPS) is 12.9. The molecular weight excluding hydrogens is 266 g/mol. The summed E-state index contributed by atoms with van der Waals surface area (Å²) in [5.74, 6) is 2.64. The molecule has 1 N–H and O–H groups in total. The Kier molecular flexibility index (Phi) is 4.10. The van der Waals surface area contributed by atoms with Gasteiger partial charge in [0, 0.05) is 31.2 Å². The van der Waals surface area contributed by atoms with E-state index in [9.17, 15) is 0 Å². The molecule has 1 aliphatic heterocycles. The molecule has 0 unspecified atom stereocenters. The zero-order valence-corrected chi connectivity index (χ0v) is 12.6. The Balaban J connectivity index is 2.03. The van der Waals surface area contributed by atoms with Gasteiger partial charge in [0.05, 0.1) is 0 Å². The summed E-state index contributed by atoms with van der Waals surface area (Å²) in [7, 11) is 1.97. The van der Waals surface area contributed by atoms with Crippen LogP contribution >= 0.6 is 0 Å². The van der Waals surface area contributed by atoms with Crippen LogP contribution in [0.3, 0.4) is 0 Å². The predicted octanol–water partition coefficient (Wildman–Crippen LogP) is 2.40. The van der Waals surface area contributed by atoms with E-state index < -0.39 is 0 Å². The van der Waals surface area contributed by atoms with E-state index in [0.29, 0.717) is 6.79 Å². The summed E-state index contributed by atoms with van der Waals surface area (Å²) >= 11 is 0. The molecule has 21 heavy (non-hydrogen) atoms. The van der Waals surface area contributed by atoms with Crippen LogP contribution in [0.1, 0.15) is 13.3 Å². The molecule has 2 aromatic rings. The molecule has 2 heterocycles. The summed E-state index contributed by atoms with van der Waals surface area (Å²) in [4.78, 5) is 6.93. The van der Waals surface area contributed by atoms with E-state index in [2.05, 4.69) is 22.1 Å². The molecule has 5 nitrogen and oxygen atoms in total. The Morgan fingerprint density at radius 3 is 2.81 bits per heavy atom. The first kappa shape index (κ1) is 13.9. The zero-order chi connectivity index (χ0) is 14.7. The van der Waals surface area contributed by atoms with Crippen LogP contribution in [0.2, 0.25) is 0 Å². The molecule has 0 fully saturated rings. The van der Waals surface area contributed by atoms with E-state index in [0.717, 1.165) is 54.1 Å². The number of likely N-dealkylation sites (N-methyl/N-ethyl adjacent to an activating group) is 1. The Labute approximate surface area is 124 Å². The largest absolute Gasteiger partial charge is 0.454 e. The van der Waals surface area contributed by atoms with Crippen LogP contribution in [-0.2, 0) is 0 Å². The maximum absolute atomic E-state index is 5.50. The minimum Gasteiger partial charge on any atom is -0.454 e. The second kappa shape index (κ2) is 6.18. The molecule has 0 amide bonds. The van der Waals surface area contributed by atoms with Gasteiger partial charge < -0.3 is 19.7 Å². The van der Waals surface area contributed by atoms with Crippen molar-refractivity contribution in [3.05, 3.63) is 24.4 Å². The first-order valence-corrected chi connectivity index (χ1v) is 7.41. The number of ether oxygens (including phenoxy) is 2. The maximum atomic E-state index is 5.50. The quantitative estimate of drug-likeness (QED) is 0.884. The number of hydrogen-bond donors (Lipinski definition) is 1. The summed E-state index contributed by atoms with van der Waals surface area (Å²) in [6.07, 6.45) is 2.95. The van der Waals surface area contributed by atoms with E-state index in [-0.39, 0.29) is 0 Å². The average molecular weight is 287 g/mol. The fraction of sp³-hybridized carbons (Fsp3) is 0.438. The Bertz CT molecular complexity index is 630. The van der Waals surface area contributed by atoms with Crippen molar-refractivity contribution in [2.24, 2.45) is 0 Å². The third kappa shape index (κ3) is 2.74. The van der Waals surface area contributed by atoms with Crippen molar-refractivity contribution in [2.45, 2.75) is 13.3 Å². The first-order valence-electron chi connectivity index (χ1n) is 7.41. The molecular formula is C16H21N3O2. The van der Waals surface area contributed by atoms with E-state index in [1.54, 1.807) is 0 Å². The van der Waals surface area contributed by atoms with E-state index in [1.165, 1.54) is 0 Å². The number of nitrogens with one attached hydrogen (secondary N) is 1. The highest BCUT2D eigenvalue weighted by molar-refractivity contribution is 5.94. The molecule has 0 atom stereocenters. The molecule has 1 aliphatic rings. The number of anilines is 1. The Hall–Kier alpha value is -2.01. The number of aromatic nitrogens is 1. The highest BCUT2D eigenvalue weighted by Gasteiger charge is 2.18. The molecule has 0 saturated carbocycles. The first-order chi connectivity index (χ1) is 10.3. The van der Waals surface area contributed by atoms with Crippen molar-refractivity contribution >= 4 is 16.6 Å². The standard InChI is InChI=1S/C16H21N3O2/c1-3-7-19(8-6-17-2)16-13-10-15-14(20-11-21-15)9-12(13)4-5-18-16/h4-5,9-10,17H,3,6-8,11H2,1-2H3. The highest BCUT2D eigenvalue weighted by atomic mass is 16.7. The van der Waals surface area contributed by atoms with Gasteiger partial charge in [-0.3, -0.25) is 0 Å². The summed E-state index contributed by atoms with van der Waals surface area (Å²) in [6, 6.07) is 6.09. The van der Waals surface area contributed by atoms with Gasteiger partial charge in [0.2, 0.25) is 6.79 Å². The van der Waals surface area contributed by atoms with Gasteiger partial charge in [0.25, 0.3) is 0 Å².